The predicted octanol–water partition coefficient (Wildman–Crippen LogP) is 3.43. The van der Waals surface area contributed by atoms with Crippen LogP contribution in [0, 0.1) is 13.8 Å². The van der Waals surface area contributed by atoms with E-state index in [0.29, 0.717) is 12.2 Å². The minimum absolute atomic E-state index is 0.0676. The van der Waals surface area contributed by atoms with Crippen LogP contribution in [-0.2, 0) is 11.2 Å². The van der Waals surface area contributed by atoms with Gasteiger partial charge in [0.1, 0.15) is 11.5 Å². The molecule has 0 fully saturated rings. The summed E-state index contributed by atoms with van der Waals surface area (Å²) in [6.07, 6.45) is 0.655. The molecule has 0 atom stereocenters. The van der Waals surface area contributed by atoms with Crippen molar-refractivity contribution in [3.05, 3.63) is 59.2 Å². The van der Waals surface area contributed by atoms with Crippen LogP contribution in [0.25, 0.3) is 0 Å². The van der Waals surface area contributed by atoms with Gasteiger partial charge in [-0.2, -0.15) is 5.10 Å². The van der Waals surface area contributed by atoms with Crippen molar-refractivity contribution >= 4 is 11.6 Å². The first-order chi connectivity index (χ1) is 12.0. The first-order valence-electron chi connectivity index (χ1n) is 8.13. The number of ether oxygens (including phenoxy) is 2. The van der Waals surface area contributed by atoms with Gasteiger partial charge in [0.15, 0.2) is 6.61 Å². The Balaban J connectivity index is 1.80. The summed E-state index contributed by atoms with van der Waals surface area (Å²) in [5, 5.41) is 4.11. The highest BCUT2D eigenvalue weighted by Gasteiger charge is 2.04. The van der Waals surface area contributed by atoms with Crippen LogP contribution in [0.4, 0.5) is 0 Å². The smallest absolute Gasteiger partial charge is 0.277 e. The normalized spacial score (nSPS) is 11.1. The summed E-state index contributed by atoms with van der Waals surface area (Å²) in [5.41, 5.74) is 6.75. The molecule has 0 radical (unpaired) electrons. The molecule has 0 unspecified atom stereocenters. The number of hydrogen-bond donors (Lipinski definition) is 1. The zero-order chi connectivity index (χ0) is 18.2. The minimum atomic E-state index is -0.285. The molecule has 132 valence electrons. The number of rotatable bonds is 7. The van der Waals surface area contributed by atoms with E-state index in [1.54, 1.807) is 7.11 Å². The number of hydrazone groups is 1. The van der Waals surface area contributed by atoms with Crippen molar-refractivity contribution in [1.29, 1.82) is 0 Å². The number of aryl methyl sites for hydroxylation is 2. The average molecular weight is 340 g/mol. The molecule has 0 saturated heterocycles. The summed E-state index contributed by atoms with van der Waals surface area (Å²) >= 11 is 0. The quantitative estimate of drug-likeness (QED) is 0.620. The Morgan fingerprint density at radius 3 is 2.36 bits per heavy atom. The second kappa shape index (κ2) is 8.87. The van der Waals surface area contributed by atoms with Crippen LogP contribution >= 0.6 is 0 Å². The number of carbonyl (C=O) groups excluding carboxylic acids is 1. The van der Waals surface area contributed by atoms with E-state index < -0.39 is 0 Å². The van der Waals surface area contributed by atoms with Crippen molar-refractivity contribution in [2.45, 2.75) is 27.2 Å². The molecule has 0 bridgehead atoms. The van der Waals surface area contributed by atoms with Crippen molar-refractivity contribution in [3.63, 3.8) is 0 Å². The number of methoxy groups -OCH3 is 1. The number of benzene rings is 2. The van der Waals surface area contributed by atoms with Gasteiger partial charge in [-0.1, -0.05) is 18.2 Å². The van der Waals surface area contributed by atoms with E-state index >= 15 is 0 Å². The Bertz CT molecular complexity index is 752. The largest absolute Gasteiger partial charge is 0.497 e. The molecular formula is C20H24N2O3. The second-order valence-corrected chi connectivity index (χ2v) is 5.94. The Kier molecular flexibility index (Phi) is 6.57. The highest BCUT2D eigenvalue weighted by Crippen LogP contribution is 2.16. The number of amides is 1. The fourth-order valence-electron chi connectivity index (χ4n) is 2.22. The zero-order valence-corrected chi connectivity index (χ0v) is 15.1. The third-order valence-corrected chi connectivity index (χ3v) is 3.84. The standard InChI is InChI=1S/C20H24N2O3/c1-14-5-8-19(11-15(14)2)25-13-20(23)22-21-16(3)12-17-6-9-18(24-4)10-7-17/h5-11H,12-13H2,1-4H3,(H,22,23)/b21-16-. The lowest BCUT2D eigenvalue weighted by Crippen LogP contribution is -2.25. The van der Waals surface area contributed by atoms with Crippen LogP contribution in [0.3, 0.4) is 0 Å². The van der Waals surface area contributed by atoms with Gasteiger partial charge in [-0.05, 0) is 61.7 Å². The van der Waals surface area contributed by atoms with Crippen molar-refractivity contribution in [1.82, 2.24) is 5.43 Å². The summed E-state index contributed by atoms with van der Waals surface area (Å²) in [5.74, 6) is 1.21. The molecule has 0 spiro atoms. The molecule has 1 amide bonds. The van der Waals surface area contributed by atoms with E-state index in [1.807, 2.05) is 63.2 Å². The molecule has 0 aliphatic heterocycles. The lowest BCUT2D eigenvalue weighted by atomic mass is 10.1. The van der Waals surface area contributed by atoms with E-state index in [1.165, 1.54) is 5.56 Å². The van der Waals surface area contributed by atoms with Crippen LogP contribution in [-0.4, -0.2) is 25.3 Å². The number of nitrogens with one attached hydrogen (secondary N) is 1. The zero-order valence-electron chi connectivity index (χ0n) is 15.1. The maximum atomic E-state index is 11.8. The van der Waals surface area contributed by atoms with Crippen molar-refractivity contribution in [2.75, 3.05) is 13.7 Å². The SMILES string of the molecule is COc1ccc(C/C(C)=N\NC(=O)COc2ccc(C)c(C)c2)cc1. The molecule has 25 heavy (non-hydrogen) atoms. The first kappa shape index (κ1) is 18.5. The Labute approximate surface area is 148 Å². The fraction of sp³-hybridized carbons (Fsp3) is 0.300. The Morgan fingerprint density at radius 2 is 1.72 bits per heavy atom. The van der Waals surface area contributed by atoms with Crippen molar-refractivity contribution in [3.8, 4) is 11.5 Å². The highest BCUT2D eigenvalue weighted by atomic mass is 16.5. The van der Waals surface area contributed by atoms with Crippen LogP contribution in [0.15, 0.2) is 47.6 Å². The van der Waals surface area contributed by atoms with Gasteiger partial charge in [0.25, 0.3) is 5.91 Å². The van der Waals surface area contributed by atoms with Gasteiger partial charge < -0.3 is 9.47 Å². The number of hydrogen-bond acceptors (Lipinski definition) is 4. The topological polar surface area (TPSA) is 59.9 Å². The van der Waals surface area contributed by atoms with Crippen LogP contribution in [0.2, 0.25) is 0 Å². The van der Waals surface area contributed by atoms with Gasteiger partial charge in [0, 0.05) is 12.1 Å². The van der Waals surface area contributed by atoms with Gasteiger partial charge in [-0.25, -0.2) is 5.43 Å². The molecule has 2 rings (SSSR count). The molecule has 0 aromatic heterocycles. The highest BCUT2D eigenvalue weighted by molar-refractivity contribution is 5.86. The number of carbonyl (C=O) groups is 1. The fourth-order valence-corrected chi connectivity index (χ4v) is 2.22. The molecule has 0 heterocycles. The molecule has 5 nitrogen and oxygen atoms in total. The van der Waals surface area contributed by atoms with Crippen molar-refractivity contribution < 1.29 is 14.3 Å². The maximum absolute atomic E-state index is 11.8. The van der Waals surface area contributed by atoms with Crippen LogP contribution in [0.5, 0.6) is 11.5 Å². The average Bonchev–Trinajstić information content (AvgIpc) is 2.61. The summed E-state index contributed by atoms with van der Waals surface area (Å²) in [6, 6.07) is 13.5. The second-order valence-electron chi connectivity index (χ2n) is 5.94. The summed E-state index contributed by atoms with van der Waals surface area (Å²) in [7, 11) is 1.64. The predicted molar refractivity (Wildman–Crippen MR) is 99.4 cm³/mol. The van der Waals surface area contributed by atoms with Gasteiger partial charge >= 0.3 is 0 Å². The first-order valence-corrected chi connectivity index (χ1v) is 8.13. The lowest BCUT2D eigenvalue weighted by molar-refractivity contribution is -0.123. The molecule has 2 aromatic carbocycles. The van der Waals surface area contributed by atoms with E-state index in [9.17, 15) is 4.79 Å². The van der Waals surface area contributed by atoms with Crippen LogP contribution < -0.4 is 14.9 Å². The third kappa shape index (κ3) is 5.95. The maximum Gasteiger partial charge on any atom is 0.277 e. The van der Waals surface area contributed by atoms with Crippen molar-refractivity contribution in [2.24, 2.45) is 5.10 Å². The molecule has 5 heteroatoms. The summed E-state index contributed by atoms with van der Waals surface area (Å²) in [6.45, 7) is 5.84. The van der Waals surface area contributed by atoms with E-state index in [0.717, 1.165) is 22.6 Å². The van der Waals surface area contributed by atoms with E-state index in [4.69, 9.17) is 9.47 Å². The van der Waals surface area contributed by atoms with Gasteiger partial charge in [-0.3, -0.25) is 4.79 Å². The summed E-state index contributed by atoms with van der Waals surface area (Å²) in [4.78, 5) is 11.8. The van der Waals surface area contributed by atoms with E-state index in [2.05, 4.69) is 10.5 Å². The Hall–Kier alpha value is -2.82. The molecule has 0 saturated carbocycles. The molecule has 0 aliphatic rings. The van der Waals surface area contributed by atoms with Gasteiger partial charge in [0.05, 0.1) is 7.11 Å². The molecule has 1 N–H and O–H groups in total. The van der Waals surface area contributed by atoms with Gasteiger partial charge in [0.2, 0.25) is 0 Å². The molecule has 2 aromatic rings. The third-order valence-electron chi connectivity index (χ3n) is 3.84. The monoisotopic (exact) mass is 340 g/mol. The summed E-state index contributed by atoms with van der Waals surface area (Å²) < 4.78 is 10.6. The minimum Gasteiger partial charge on any atom is -0.497 e. The molecule has 0 aliphatic carbocycles. The lowest BCUT2D eigenvalue weighted by Gasteiger charge is -2.08. The van der Waals surface area contributed by atoms with E-state index in [-0.39, 0.29) is 12.5 Å². The van der Waals surface area contributed by atoms with Crippen LogP contribution in [0.1, 0.15) is 23.6 Å². The molecular weight excluding hydrogens is 316 g/mol. The Morgan fingerprint density at radius 1 is 1.04 bits per heavy atom. The number of nitrogens with zero attached hydrogens (tertiary/aromatic N) is 1. The van der Waals surface area contributed by atoms with Gasteiger partial charge in [-0.15, -0.1) is 0 Å².